The number of rotatable bonds is 6. The number of halogens is 1. The molecular weight excluding hydrogens is 388 g/mol. The molecule has 2 aromatic rings. The van der Waals surface area contributed by atoms with Gasteiger partial charge in [0.05, 0.1) is 27.1 Å². The van der Waals surface area contributed by atoms with Gasteiger partial charge in [0.2, 0.25) is 10.0 Å². The van der Waals surface area contributed by atoms with Crippen molar-refractivity contribution in [3.63, 3.8) is 0 Å². The van der Waals surface area contributed by atoms with Crippen molar-refractivity contribution < 1.29 is 17.9 Å². The van der Waals surface area contributed by atoms with Crippen molar-refractivity contribution in [1.29, 1.82) is 5.26 Å². The van der Waals surface area contributed by atoms with E-state index in [1.807, 2.05) is 6.07 Å². The van der Waals surface area contributed by atoms with Crippen LogP contribution >= 0.6 is 11.6 Å². The summed E-state index contributed by atoms with van der Waals surface area (Å²) >= 11 is 6.06. The van der Waals surface area contributed by atoms with Gasteiger partial charge in [0.1, 0.15) is 6.61 Å². The fourth-order valence-corrected chi connectivity index (χ4v) is 3.83. The first kappa shape index (κ1) is 20.9. The summed E-state index contributed by atoms with van der Waals surface area (Å²) < 4.78 is 31.7. The quantitative estimate of drug-likeness (QED) is 0.684. The third-order valence-electron chi connectivity index (χ3n) is 4.06. The van der Waals surface area contributed by atoms with Crippen LogP contribution in [0.2, 0.25) is 5.02 Å². The van der Waals surface area contributed by atoms with Crippen LogP contribution in [0.3, 0.4) is 0 Å². The van der Waals surface area contributed by atoms with E-state index in [9.17, 15) is 13.2 Å². The average Bonchev–Trinajstić information content (AvgIpc) is 2.65. The SMILES string of the molecule is CC(C)N(C)S(=O)(=O)c1ccc(Cl)c(C(=O)OCc2ccccc2C#N)c1. The lowest BCUT2D eigenvalue weighted by Crippen LogP contribution is -2.33. The molecule has 0 aromatic heterocycles. The standard InChI is InChI=1S/C19H19ClN2O4S/c1-13(2)22(3)27(24,25)16-8-9-18(20)17(10-16)19(23)26-12-15-7-5-4-6-14(15)11-21/h4-10,13H,12H2,1-3H3. The minimum Gasteiger partial charge on any atom is -0.457 e. The van der Waals surface area contributed by atoms with E-state index >= 15 is 0 Å². The number of benzene rings is 2. The van der Waals surface area contributed by atoms with Crippen LogP contribution in [0.4, 0.5) is 0 Å². The smallest absolute Gasteiger partial charge is 0.340 e. The predicted molar refractivity (Wildman–Crippen MR) is 102 cm³/mol. The molecule has 0 unspecified atom stereocenters. The minimum absolute atomic E-state index is 0.0486. The van der Waals surface area contributed by atoms with Crippen LogP contribution < -0.4 is 0 Å². The zero-order chi connectivity index (χ0) is 20.2. The lowest BCUT2D eigenvalue weighted by atomic mass is 10.1. The van der Waals surface area contributed by atoms with Gasteiger partial charge in [-0.05, 0) is 38.1 Å². The Kier molecular flexibility index (Phi) is 6.60. The Morgan fingerprint density at radius 2 is 1.93 bits per heavy atom. The summed E-state index contributed by atoms with van der Waals surface area (Å²) in [6, 6.07) is 12.4. The van der Waals surface area contributed by atoms with Gasteiger partial charge in [0, 0.05) is 18.7 Å². The summed E-state index contributed by atoms with van der Waals surface area (Å²) in [5.74, 6) is -0.767. The van der Waals surface area contributed by atoms with Crippen molar-refractivity contribution in [2.45, 2.75) is 31.4 Å². The first-order chi connectivity index (χ1) is 12.7. The Morgan fingerprint density at radius 3 is 2.56 bits per heavy atom. The molecule has 0 atom stereocenters. The number of hydrogen-bond acceptors (Lipinski definition) is 5. The van der Waals surface area contributed by atoms with Crippen LogP contribution in [-0.4, -0.2) is 31.8 Å². The van der Waals surface area contributed by atoms with Crippen molar-refractivity contribution in [3.05, 3.63) is 64.2 Å². The number of ether oxygens (including phenoxy) is 1. The van der Waals surface area contributed by atoms with E-state index in [2.05, 4.69) is 0 Å². The number of hydrogen-bond donors (Lipinski definition) is 0. The normalized spacial score (nSPS) is 11.4. The van der Waals surface area contributed by atoms with Crippen molar-refractivity contribution >= 4 is 27.6 Å². The molecule has 0 fully saturated rings. The number of carbonyl (C=O) groups is 1. The Morgan fingerprint density at radius 1 is 1.26 bits per heavy atom. The molecule has 2 aromatic carbocycles. The van der Waals surface area contributed by atoms with Crippen LogP contribution in [0, 0.1) is 11.3 Å². The lowest BCUT2D eigenvalue weighted by Gasteiger charge is -2.21. The maximum atomic E-state index is 12.6. The Hall–Kier alpha value is -2.40. The zero-order valence-electron chi connectivity index (χ0n) is 15.1. The fourth-order valence-electron chi connectivity index (χ4n) is 2.24. The molecule has 0 aliphatic heterocycles. The minimum atomic E-state index is -3.76. The number of carbonyl (C=O) groups excluding carboxylic acids is 1. The highest BCUT2D eigenvalue weighted by atomic mass is 35.5. The Labute approximate surface area is 164 Å². The second-order valence-electron chi connectivity index (χ2n) is 6.10. The van der Waals surface area contributed by atoms with E-state index in [1.54, 1.807) is 38.1 Å². The monoisotopic (exact) mass is 406 g/mol. The number of nitrogens with zero attached hydrogens (tertiary/aromatic N) is 2. The maximum absolute atomic E-state index is 12.6. The van der Waals surface area contributed by atoms with Gasteiger partial charge in [-0.25, -0.2) is 13.2 Å². The third kappa shape index (κ3) is 4.66. The molecule has 142 valence electrons. The van der Waals surface area contributed by atoms with Crippen molar-refractivity contribution in [2.24, 2.45) is 0 Å². The maximum Gasteiger partial charge on any atom is 0.340 e. The van der Waals surface area contributed by atoms with Gasteiger partial charge in [-0.1, -0.05) is 29.8 Å². The van der Waals surface area contributed by atoms with Gasteiger partial charge in [-0.3, -0.25) is 0 Å². The highest BCUT2D eigenvalue weighted by molar-refractivity contribution is 7.89. The molecule has 0 bridgehead atoms. The molecule has 27 heavy (non-hydrogen) atoms. The lowest BCUT2D eigenvalue weighted by molar-refractivity contribution is 0.0472. The fraction of sp³-hybridized carbons (Fsp3) is 0.263. The summed E-state index contributed by atoms with van der Waals surface area (Å²) in [4.78, 5) is 12.4. The molecule has 0 heterocycles. The van der Waals surface area contributed by atoms with E-state index in [-0.39, 0.29) is 28.1 Å². The predicted octanol–water partition coefficient (Wildman–Crippen LogP) is 3.60. The molecule has 6 nitrogen and oxygen atoms in total. The Bertz CT molecular complexity index is 997. The summed E-state index contributed by atoms with van der Waals surface area (Å²) in [6.45, 7) is 3.37. The van der Waals surface area contributed by atoms with E-state index in [0.717, 1.165) is 0 Å². The number of esters is 1. The van der Waals surface area contributed by atoms with E-state index < -0.39 is 16.0 Å². The molecule has 0 amide bonds. The molecule has 0 aliphatic carbocycles. The molecule has 2 rings (SSSR count). The van der Waals surface area contributed by atoms with Crippen LogP contribution in [-0.2, 0) is 21.4 Å². The van der Waals surface area contributed by atoms with E-state index in [0.29, 0.717) is 11.1 Å². The second-order valence-corrected chi connectivity index (χ2v) is 8.51. The summed E-state index contributed by atoms with van der Waals surface area (Å²) in [5, 5.41) is 9.17. The summed E-state index contributed by atoms with van der Waals surface area (Å²) in [7, 11) is -2.30. The first-order valence-corrected chi connectivity index (χ1v) is 9.93. The number of nitriles is 1. The molecule has 0 radical (unpaired) electrons. The molecule has 0 saturated carbocycles. The highest BCUT2D eigenvalue weighted by Crippen LogP contribution is 2.24. The Balaban J connectivity index is 2.28. The molecule has 8 heteroatoms. The number of sulfonamides is 1. The van der Waals surface area contributed by atoms with Gasteiger partial charge in [0.15, 0.2) is 0 Å². The van der Waals surface area contributed by atoms with Crippen LogP contribution in [0.15, 0.2) is 47.4 Å². The van der Waals surface area contributed by atoms with Gasteiger partial charge in [-0.15, -0.1) is 0 Å². The van der Waals surface area contributed by atoms with Crippen molar-refractivity contribution in [3.8, 4) is 6.07 Å². The summed E-state index contributed by atoms with van der Waals surface area (Å²) in [5.41, 5.74) is 0.892. The largest absolute Gasteiger partial charge is 0.457 e. The molecule has 0 aliphatic rings. The van der Waals surface area contributed by atoms with Crippen LogP contribution in [0.5, 0.6) is 0 Å². The van der Waals surface area contributed by atoms with Crippen LogP contribution in [0.25, 0.3) is 0 Å². The van der Waals surface area contributed by atoms with E-state index in [1.165, 1.54) is 29.6 Å². The average molecular weight is 407 g/mol. The van der Waals surface area contributed by atoms with Gasteiger partial charge in [-0.2, -0.15) is 9.57 Å². The topological polar surface area (TPSA) is 87.5 Å². The zero-order valence-corrected chi connectivity index (χ0v) is 16.7. The van der Waals surface area contributed by atoms with Gasteiger partial charge >= 0.3 is 5.97 Å². The van der Waals surface area contributed by atoms with Crippen molar-refractivity contribution in [1.82, 2.24) is 4.31 Å². The first-order valence-electron chi connectivity index (χ1n) is 8.11. The molecular formula is C19H19ClN2O4S. The summed E-state index contributed by atoms with van der Waals surface area (Å²) in [6.07, 6.45) is 0. The van der Waals surface area contributed by atoms with Crippen LogP contribution in [0.1, 0.15) is 35.3 Å². The van der Waals surface area contributed by atoms with Gasteiger partial charge < -0.3 is 4.74 Å². The highest BCUT2D eigenvalue weighted by Gasteiger charge is 2.25. The third-order valence-corrected chi connectivity index (χ3v) is 6.42. The van der Waals surface area contributed by atoms with Gasteiger partial charge in [0.25, 0.3) is 0 Å². The second kappa shape index (κ2) is 8.53. The molecule has 0 saturated heterocycles. The van der Waals surface area contributed by atoms with Crippen molar-refractivity contribution in [2.75, 3.05) is 7.05 Å². The molecule has 0 N–H and O–H groups in total. The molecule has 0 spiro atoms. The van der Waals surface area contributed by atoms with E-state index in [4.69, 9.17) is 21.6 Å².